The first kappa shape index (κ1) is 11.4. The SMILES string of the molecule is CC1CC(C=O)C(C)C2C3CC(C=O)C(C3)C12. The molecule has 3 saturated carbocycles. The molecule has 8 unspecified atom stereocenters. The molecular weight excluding hydrogens is 212 g/mol. The van der Waals surface area contributed by atoms with E-state index in [4.69, 9.17) is 0 Å². The van der Waals surface area contributed by atoms with E-state index < -0.39 is 0 Å². The molecule has 8 atom stereocenters. The van der Waals surface area contributed by atoms with Gasteiger partial charge >= 0.3 is 0 Å². The summed E-state index contributed by atoms with van der Waals surface area (Å²) < 4.78 is 0. The molecule has 3 aliphatic rings. The number of rotatable bonds is 2. The zero-order valence-electron chi connectivity index (χ0n) is 10.7. The van der Waals surface area contributed by atoms with Crippen molar-refractivity contribution in [1.29, 1.82) is 0 Å². The van der Waals surface area contributed by atoms with E-state index in [1.165, 1.54) is 19.0 Å². The fourth-order valence-corrected chi connectivity index (χ4v) is 5.51. The summed E-state index contributed by atoms with van der Waals surface area (Å²) in [6.45, 7) is 4.56. The zero-order chi connectivity index (χ0) is 12.2. The third-order valence-corrected chi connectivity index (χ3v) is 6.12. The molecule has 17 heavy (non-hydrogen) atoms. The van der Waals surface area contributed by atoms with Gasteiger partial charge in [0.1, 0.15) is 12.6 Å². The Balaban J connectivity index is 1.89. The van der Waals surface area contributed by atoms with Crippen molar-refractivity contribution in [2.75, 3.05) is 0 Å². The van der Waals surface area contributed by atoms with Gasteiger partial charge in [-0.1, -0.05) is 13.8 Å². The van der Waals surface area contributed by atoms with Crippen LogP contribution in [-0.4, -0.2) is 12.6 Å². The summed E-state index contributed by atoms with van der Waals surface area (Å²) in [5, 5.41) is 0. The number of aldehydes is 2. The van der Waals surface area contributed by atoms with Crippen molar-refractivity contribution in [3.8, 4) is 0 Å². The van der Waals surface area contributed by atoms with Crippen molar-refractivity contribution < 1.29 is 9.59 Å². The van der Waals surface area contributed by atoms with E-state index >= 15 is 0 Å². The molecule has 0 aliphatic heterocycles. The van der Waals surface area contributed by atoms with Gasteiger partial charge in [0.25, 0.3) is 0 Å². The Labute approximate surface area is 103 Å². The van der Waals surface area contributed by atoms with Crippen LogP contribution in [0, 0.1) is 47.3 Å². The maximum Gasteiger partial charge on any atom is 0.123 e. The summed E-state index contributed by atoms with van der Waals surface area (Å²) in [6, 6.07) is 0. The van der Waals surface area contributed by atoms with E-state index in [0.29, 0.717) is 23.7 Å². The van der Waals surface area contributed by atoms with Gasteiger partial charge in [0.05, 0.1) is 0 Å². The molecule has 0 aromatic rings. The molecule has 0 aromatic heterocycles. The Morgan fingerprint density at radius 2 is 1.59 bits per heavy atom. The van der Waals surface area contributed by atoms with Crippen LogP contribution in [0.5, 0.6) is 0 Å². The van der Waals surface area contributed by atoms with E-state index in [1.54, 1.807) is 0 Å². The smallest absolute Gasteiger partial charge is 0.123 e. The lowest BCUT2D eigenvalue weighted by atomic mass is 9.57. The molecule has 0 radical (unpaired) electrons. The highest BCUT2D eigenvalue weighted by atomic mass is 16.1. The van der Waals surface area contributed by atoms with Gasteiger partial charge < -0.3 is 9.59 Å². The molecule has 0 aromatic carbocycles. The van der Waals surface area contributed by atoms with Crippen molar-refractivity contribution in [3.63, 3.8) is 0 Å². The first-order valence-electron chi connectivity index (χ1n) is 7.08. The Hall–Kier alpha value is -0.660. The largest absolute Gasteiger partial charge is 0.303 e. The minimum atomic E-state index is 0.264. The van der Waals surface area contributed by atoms with Crippen LogP contribution in [0.2, 0.25) is 0 Å². The van der Waals surface area contributed by atoms with Gasteiger partial charge in [-0.2, -0.15) is 0 Å². The van der Waals surface area contributed by atoms with Gasteiger partial charge in [0, 0.05) is 11.8 Å². The average molecular weight is 234 g/mol. The third kappa shape index (κ3) is 1.45. The lowest BCUT2D eigenvalue weighted by Crippen LogP contribution is -2.44. The number of carbonyl (C=O) groups excluding carboxylic acids is 2. The van der Waals surface area contributed by atoms with Crippen molar-refractivity contribution in [3.05, 3.63) is 0 Å². The van der Waals surface area contributed by atoms with Crippen molar-refractivity contribution >= 4 is 12.6 Å². The topological polar surface area (TPSA) is 34.1 Å². The molecule has 0 saturated heterocycles. The minimum Gasteiger partial charge on any atom is -0.303 e. The highest BCUT2D eigenvalue weighted by Gasteiger charge is 2.58. The van der Waals surface area contributed by atoms with Gasteiger partial charge in [0.2, 0.25) is 0 Å². The normalized spacial score (nSPS) is 56.6. The van der Waals surface area contributed by atoms with Gasteiger partial charge in [0.15, 0.2) is 0 Å². The second-order valence-corrected chi connectivity index (χ2v) is 6.72. The molecule has 2 heteroatoms. The lowest BCUT2D eigenvalue weighted by molar-refractivity contribution is -0.121. The average Bonchev–Trinajstić information content (AvgIpc) is 2.90. The minimum absolute atomic E-state index is 0.264. The summed E-state index contributed by atoms with van der Waals surface area (Å²) in [6.07, 6.45) is 5.77. The quantitative estimate of drug-likeness (QED) is 0.688. The first-order valence-corrected chi connectivity index (χ1v) is 7.08. The number of fused-ring (bicyclic) bond motifs is 5. The third-order valence-electron chi connectivity index (χ3n) is 6.12. The maximum absolute atomic E-state index is 11.2. The van der Waals surface area contributed by atoms with E-state index in [2.05, 4.69) is 13.8 Å². The second kappa shape index (κ2) is 3.93. The van der Waals surface area contributed by atoms with Crippen LogP contribution >= 0.6 is 0 Å². The maximum atomic E-state index is 11.2. The number of hydrogen-bond acceptors (Lipinski definition) is 2. The standard InChI is InChI=1S/C15H22O2/c1-8-3-11(6-16)9(2)15-10-4-12(7-17)13(5-10)14(8)15/h6-15H,3-5H2,1-2H3. The lowest BCUT2D eigenvalue weighted by Gasteiger charge is -2.47. The van der Waals surface area contributed by atoms with Crippen molar-refractivity contribution in [2.24, 2.45) is 47.3 Å². The van der Waals surface area contributed by atoms with Crippen molar-refractivity contribution in [2.45, 2.75) is 33.1 Å². The molecule has 3 rings (SSSR count). The molecule has 2 nitrogen and oxygen atoms in total. The molecule has 94 valence electrons. The highest BCUT2D eigenvalue weighted by Crippen LogP contribution is 2.62. The van der Waals surface area contributed by atoms with E-state index in [0.717, 1.165) is 30.6 Å². The predicted octanol–water partition coefficient (Wildman–Crippen LogP) is 2.56. The van der Waals surface area contributed by atoms with Crippen LogP contribution < -0.4 is 0 Å². The van der Waals surface area contributed by atoms with E-state index in [9.17, 15) is 9.59 Å². The van der Waals surface area contributed by atoms with Crippen LogP contribution in [-0.2, 0) is 9.59 Å². The molecule has 0 amide bonds. The molecule has 0 heterocycles. The van der Waals surface area contributed by atoms with Crippen LogP contribution in [0.4, 0.5) is 0 Å². The van der Waals surface area contributed by atoms with Gasteiger partial charge in [-0.25, -0.2) is 0 Å². The highest BCUT2D eigenvalue weighted by molar-refractivity contribution is 5.57. The molecule has 2 bridgehead atoms. The fraction of sp³-hybridized carbons (Fsp3) is 0.867. The Morgan fingerprint density at radius 1 is 0.882 bits per heavy atom. The molecule has 0 N–H and O–H groups in total. The summed E-state index contributed by atoms with van der Waals surface area (Å²) in [4.78, 5) is 22.3. The summed E-state index contributed by atoms with van der Waals surface area (Å²) in [5.41, 5.74) is 0. The molecular formula is C15H22O2. The predicted molar refractivity (Wildman–Crippen MR) is 65.2 cm³/mol. The Kier molecular flexibility index (Phi) is 2.64. The van der Waals surface area contributed by atoms with Crippen LogP contribution in [0.15, 0.2) is 0 Å². The molecule has 0 spiro atoms. The van der Waals surface area contributed by atoms with Gasteiger partial charge in [-0.05, 0) is 54.8 Å². The van der Waals surface area contributed by atoms with E-state index in [1.807, 2.05) is 0 Å². The van der Waals surface area contributed by atoms with Crippen LogP contribution in [0.25, 0.3) is 0 Å². The molecule has 3 aliphatic carbocycles. The second-order valence-electron chi connectivity index (χ2n) is 6.72. The summed E-state index contributed by atoms with van der Waals surface area (Å²) >= 11 is 0. The first-order chi connectivity index (χ1) is 8.17. The van der Waals surface area contributed by atoms with Gasteiger partial charge in [-0.3, -0.25) is 0 Å². The number of hydrogen-bond donors (Lipinski definition) is 0. The fourth-order valence-electron chi connectivity index (χ4n) is 5.51. The van der Waals surface area contributed by atoms with Crippen LogP contribution in [0.3, 0.4) is 0 Å². The van der Waals surface area contributed by atoms with E-state index in [-0.39, 0.29) is 5.92 Å². The summed E-state index contributed by atoms with van der Waals surface area (Å²) in [5.74, 6) is 4.54. The Bertz CT molecular complexity index is 338. The zero-order valence-corrected chi connectivity index (χ0v) is 10.7. The van der Waals surface area contributed by atoms with Crippen LogP contribution in [0.1, 0.15) is 33.1 Å². The number of carbonyl (C=O) groups is 2. The monoisotopic (exact) mass is 234 g/mol. The summed E-state index contributed by atoms with van der Waals surface area (Å²) in [7, 11) is 0. The Morgan fingerprint density at radius 3 is 2.24 bits per heavy atom. The van der Waals surface area contributed by atoms with Crippen molar-refractivity contribution in [1.82, 2.24) is 0 Å². The van der Waals surface area contributed by atoms with Gasteiger partial charge in [-0.15, -0.1) is 0 Å². The molecule has 3 fully saturated rings.